The van der Waals surface area contributed by atoms with E-state index in [2.05, 4.69) is 33.5 Å². The van der Waals surface area contributed by atoms with Crippen LogP contribution in [0.15, 0.2) is 15.0 Å². The molecule has 4 rings (SSSR count). The van der Waals surface area contributed by atoms with Gasteiger partial charge in [0.15, 0.2) is 6.34 Å². The largest absolute Gasteiger partial charge is 0.490 e. The maximum Gasteiger partial charge on any atom is 0.490 e. The zero-order valence-electron chi connectivity index (χ0n) is 15.4. The molecule has 0 aromatic heterocycles. The summed E-state index contributed by atoms with van der Waals surface area (Å²) in [5, 5.41) is 20.6. The molecule has 0 bridgehead atoms. The molecular weight excluding hydrogens is 505 g/mol. The number of nitrogens with one attached hydrogen (secondary N) is 1. The van der Waals surface area contributed by atoms with Crippen molar-refractivity contribution < 1.29 is 71.4 Å². The fraction of sp³-hybridized carbons (Fsp3) is 0.600. The van der Waals surface area contributed by atoms with Gasteiger partial charge >= 0.3 is 35.1 Å². The average Bonchev–Trinajstić information content (AvgIpc) is 3.16. The number of fused-ring (bicyclic) bond motifs is 2. The molecule has 19 nitrogen and oxygen atoms in total. The Hall–Kier alpha value is -1.11. The van der Waals surface area contributed by atoms with Crippen LogP contribution in [-0.2, 0) is 31.6 Å². The maximum absolute atomic E-state index is 11.8. The molecule has 0 aromatic carbocycles. The summed E-state index contributed by atoms with van der Waals surface area (Å²) in [6.07, 6.45) is -3.35. The molecule has 4 heterocycles. The second-order valence-electron chi connectivity index (χ2n) is 6.69. The number of phosphoric acid groups is 3. The van der Waals surface area contributed by atoms with E-state index >= 15 is 0 Å². The average molecular weight is 522 g/mol. The molecule has 2 unspecified atom stereocenters. The number of quaternary nitrogens is 1. The second-order valence-corrected chi connectivity index (χ2v) is 11.1. The number of hydrogen-bond donors (Lipinski definition) is 8. The first-order valence-corrected chi connectivity index (χ1v) is 13.0. The topological polar surface area (TPSA) is 288 Å². The molecular formula is C10H17N6O13P3+2. The minimum absolute atomic E-state index is 0.269. The number of ether oxygens (including phenoxy) is 1. The number of nitrogens with two attached hydrogens (primary N) is 1. The van der Waals surface area contributed by atoms with E-state index in [1.807, 2.05) is 0 Å². The van der Waals surface area contributed by atoms with Crippen LogP contribution in [0.2, 0.25) is 0 Å². The van der Waals surface area contributed by atoms with Crippen LogP contribution in [0.5, 0.6) is 0 Å². The van der Waals surface area contributed by atoms with E-state index in [9.17, 15) is 28.8 Å². The van der Waals surface area contributed by atoms with E-state index in [1.54, 1.807) is 5.43 Å². The lowest BCUT2D eigenvalue weighted by atomic mass is 10.1. The molecule has 32 heavy (non-hydrogen) atoms. The number of aliphatic hydroxyl groups excluding tert-OH is 2. The van der Waals surface area contributed by atoms with E-state index in [-0.39, 0.29) is 5.84 Å². The van der Waals surface area contributed by atoms with Crippen molar-refractivity contribution in [3.63, 3.8) is 0 Å². The van der Waals surface area contributed by atoms with Crippen LogP contribution in [-0.4, -0.2) is 95.5 Å². The van der Waals surface area contributed by atoms with Crippen molar-refractivity contribution in [3.8, 4) is 0 Å². The normalized spacial score (nSPS) is 37.4. The van der Waals surface area contributed by atoms with Crippen LogP contribution in [0.3, 0.4) is 0 Å². The van der Waals surface area contributed by atoms with Crippen LogP contribution in [0.25, 0.3) is 0 Å². The Balaban J connectivity index is 1.39. The van der Waals surface area contributed by atoms with Crippen molar-refractivity contribution in [3.05, 3.63) is 0 Å². The summed E-state index contributed by atoms with van der Waals surface area (Å²) in [5.74, 6) is -0.563. The highest BCUT2D eigenvalue weighted by atomic mass is 31.3. The van der Waals surface area contributed by atoms with Crippen molar-refractivity contribution in [1.29, 1.82) is 0 Å². The van der Waals surface area contributed by atoms with Crippen molar-refractivity contribution in [2.24, 2.45) is 15.0 Å². The third kappa shape index (κ3) is 4.88. The van der Waals surface area contributed by atoms with Crippen molar-refractivity contribution in [2.45, 2.75) is 30.3 Å². The van der Waals surface area contributed by atoms with Gasteiger partial charge in [0.1, 0.15) is 18.3 Å². The number of rotatable bonds is 8. The summed E-state index contributed by atoms with van der Waals surface area (Å²) in [4.78, 5) is 48.1. The fourth-order valence-corrected chi connectivity index (χ4v) is 6.05. The predicted molar refractivity (Wildman–Crippen MR) is 98.0 cm³/mol. The molecule has 0 amide bonds. The minimum Gasteiger partial charge on any atom is -0.387 e. The molecule has 0 aliphatic carbocycles. The van der Waals surface area contributed by atoms with Crippen molar-refractivity contribution >= 4 is 47.7 Å². The molecule has 2 fully saturated rings. The summed E-state index contributed by atoms with van der Waals surface area (Å²) < 4.78 is 52.2. The van der Waals surface area contributed by atoms with Gasteiger partial charge in [-0.15, -0.1) is 0 Å². The predicted octanol–water partition coefficient (Wildman–Crippen LogP) is -4.55. The van der Waals surface area contributed by atoms with E-state index in [0.29, 0.717) is 5.71 Å². The van der Waals surface area contributed by atoms with E-state index in [1.165, 1.54) is 17.3 Å². The van der Waals surface area contributed by atoms with Gasteiger partial charge < -0.3 is 34.5 Å². The quantitative estimate of drug-likeness (QED) is 0.0645. The van der Waals surface area contributed by atoms with Crippen LogP contribution in [0, 0.1) is 0 Å². The lowest BCUT2D eigenvalue weighted by Crippen LogP contribution is -2.70. The lowest BCUT2D eigenvalue weighted by molar-refractivity contribution is -0.539. The van der Waals surface area contributed by atoms with Gasteiger partial charge in [0.2, 0.25) is 12.6 Å². The molecule has 2 saturated heterocycles. The SMILES string of the molecule is O=P(O)(O)OP(=O)(O)OP(=O)(O)OC[C@H]1O[C@@H]([N+]2=CN=C3C2=NC=N[C@@]32N[NH2+]2)[C@H](O)[C@@H]1O. The summed E-state index contributed by atoms with van der Waals surface area (Å²) >= 11 is 0. The number of amidine groups is 1. The van der Waals surface area contributed by atoms with E-state index in [4.69, 9.17) is 19.4 Å². The Morgan fingerprint density at radius 1 is 1.12 bits per heavy atom. The van der Waals surface area contributed by atoms with Crippen LogP contribution < -0.4 is 10.9 Å². The third-order valence-corrected chi connectivity index (χ3v) is 8.22. The molecule has 1 spiro atoms. The lowest BCUT2D eigenvalue weighted by Gasteiger charge is -2.19. The summed E-state index contributed by atoms with van der Waals surface area (Å²) in [7, 11) is -16.7. The van der Waals surface area contributed by atoms with Crippen LogP contribution >= 0.6 is 23.5 Å². The molecule has 0 aromatic rings. The molecule has 0 saturated carbocycles. The van der Waals surface area contributed by atoms with Gasteiger partial charge in [-0.2, -0.15) is 13.6 Å². The summed E-state index contributed by atoms with van der Waals surface area (Å²) in [6, 6.07) is 0. The smallest absolute Gasteiger partial charge is 0.387 e. The van der Waals surface area contributed by atoms with Gasteiger partial charge in [0.05, 0.1) is 6.61 Å². The van der Waals surface area contributed by atoms with Crippen LogP contribution in [0.1, 0.15) is 0 Å². The van der Waals surface area contributed by atoms with Crippen molar-refractivity contribution in [1.82, 2.24) is 5.43 Å². The minimum atomic E-state index is -5.70. The fourth-order valence-electron chi connectivity index (χ4n) is 3.02. The number of hydrogen-bond acceptors (Lipinski definition) is 13. The Labute approximate surface area is 177 Å². The number of phosphoric ester groups is 1. The first-order chi connectivity index (χ1) is 14.7. The highest BCUT2D eigenvalue weighted by Crippen LogP contribution is 2.66. The van der Waals surface area contributed by atoms with Crippen molar-refractivity contribution in [2.75, 3.05) is 6.61 Å². The molecule has 0 radical (unpaired) electrons. The molecule has 7 atom stereocenters. The molecule has 4 aliphatic heterocycles. The Morgan fingerprint density at radius 3 is 2.44 bits per heavy atom. The Morgan fingerprint density at radius 2 is 1.81 bits per heavy atom. The van der Waals surface area contributed by atoms with Gasteiger partial charge in [0, 0.05) is 0 Å². The zero-order chi connectivity index (χ0) is 23.5. The van der Waals surface area contributed by atoms with E-state index < -0.39 is 60.4 Å². The molecule has 178 valence electrons. The van der Waals surface area contributed by atoms with Gasteiger partial charge in [-0.25, -0.2) is 23.7 Å². The Bertz CT molecular complexity index is 1080. The van der Waals surface area contributed by atoms with Gasteiger partial charge in [-0.3, -0.25) is 4.52 Å². The van der Waals surface area contributed by atoms with Gasteiger partial charge in [0.25, 0.3) is 5.71 Å². The number of aliphatic imine (C=N–C) groups is 3. The van der Waals surface area contributed by atoms with Gasteiger partial charge in [-0.1, -0.05) is 15.4 Å². The zero-order valence-corrected chi connectivity index (χ0v) is 18.1. The highest BCUT2D eigenvalue weighted by Gasteiger charge is 2.65. The second kappa shape index (κ2) is 7.99. The molecule has 22 heteroatoms. The summed E-state index contributed by atoms with van der Waals surface area (Å²) in [6.45, 7) is -0.937. The van der Waals surface area contributed by atoms with E-state index in [0.717, 1.165) is 0 Å². The van der Waals surface area contributed by atoms with Crippen LogP contribution in [0.4, 0.5) is 0 Å². The number of nitrogens with zero attached hydrogens (tertiary/aromatic N) is 4. The Kier molecular flexibility index (Phi) is 6.00. The third-order valence-electron chi connectivity index (χ3n) is 4.42. The first-order valence-electron chi connectivity index (χ1n) is 8.46. The summed E-state index contributed by atoms with van der Waals surface area (Å²) in [5.41, 5.74) is 4.97. The maximum atomic E-state index is 11.8. The number of aliphatic hydroxyl groups is 2. The molecule has 4 aliphatic rings. The monoisotopic (exact) mass is 522 g/mol. The van der Waals surface area contributed by atoms with Gasteiger partial charge in [-0.05, 0) is 0 Å². The standard InChI is InChI=1S/C10H15N6O13P3/c17-5-4(1-26-31(22,23)29-32(24,25)28-30(19,20)21)27-9(6(5)18)16-3-12-7-8(16)11-2-13-10(7)14-15-10/h2-6,9,17-18H,1H2,(H5,11,13,19,20,21,22,23,24,25)/p+2/t4-,5-,6-,9-/m1/s1. The first kappa shape index (κ1) is 24.0. The highest BCUT2D eigenvalue weighted by molar-refractivity contribution is 7.66. The molecule has 9 N–H and O–H groups in total.